The number of carbonyl (C=O) groups is 2. The van der Waals surface area contributed by atoms with Crippen LogP contribution in [0.1, 0.15) is 32.8 Å². The fourth-order valence-electron chi connectivity index (χ4n) is 2.93. The third kappa shape index (κ3) is 2.86. The quantitative estimate of drug-likeness (QED) is 0.865. The van der Waals surface area contributed by atoms with Crippen LogP contribution in [0.3, 0.4) is 0 Å². The van der Waals surface area contributed by atoms with E-state index in [2.05, 4.69) is 0 Å². The van der Waals surface area contributed by atoms with Gasteiger partial charge in [0.15, 0.2) is 0 Å². The Morgan fingerprint density at radius 2 is 1.95 bits per heavy atom. The first-order valence-electron chi connectivity index (χ1n) is 7.11. The van der Waals surface area contributed by atoms with E-state index in [0.29, 0.717) is 12.8 Å². The summed E-state index contributed by atoms with van der Waals surface area (Å²) in [5.74, 6) is -0.169. The van der Waals surface area contributed by atoms with E-state index in [9.17, 15) is 14.7 Å². The molecule has 0 aromatic heterocycles. The molecule has 0 bridgehead atoms. The zero-order valence-electron chi connectivity index (χ0n) is 13.0. The van der Waals surface area contributed by atoms with Gasteiger partial charge in [-0.3, -0.25) is 9.69 Å². The minimum atomic E-state index is -1.06. The minimum absolute atomic E-state index is 0.169. The van der Waals surface area contributed by atoms with Gasteiger partial charge < -0.3 is 10.0 Å². The molecule has 1 heterocycles. The summed E-state index contributed by atoms with van der Waals surface area (Å²) in [7, 11) is 1.71. The number of amides is 2. The largest absolute Gasteiger partial charge is 0.465 e. The Morgan fingerprint density at radius 3 is 2.52 bits per heavy atom. The van der Waals surface area contributed by atoms with Crippen LogP contribution in [0, 0.1) is 0 Å². The number of para-hydroxylation sites is 1. The van der Waals surface area contributed by atoms with Crippen LogP contribution in [-0.4, -0.2) is 40.6 Å². The molecular formula is C16H22N2O3. The van der Waals surface area contributed by atoms with Crippen molar-refractivity contribution in [3.8, 4) is 0 Å². The highest BCUT2D eigenvalue weighted by Crippen LogP contribution is 2.30. The van der Waals surface area contributed by atoms with Gasteiger partial charge in [-0.2, -0.15) is 0 Å². The number of carboxylic acid groups (broad SMARTS) is 1. The van der Waals surface area contributed by atoms with Gasteiger partial charge in [0.2, 0.25) is 5.91 Å². The molecule has 21 heavy (non-hydrogen) atoms. The van der Waals surface area contributed by atoms with Crippen molar-refractivity contribution < 1.29 is 14.7 Å². The highest BCUT2D eigenvalue weighted by atomic mass is 16.4. The SMILES string of the molecule is CN1C(=O)[C@@H](N(C(=O)O)C(C)(C)C)CCc2ccccc21. The third-order valence-electron chi connectivity index (χ3n) is 3.90. The number of aryl methyl sites for hydroxylation is 1. The summed E-state index contributed by atoms with van der Waals surface area (Å²) in [6.45, 7) is 5.44. The molecule has 1 aromatic rings. The highest BCUT2D eigenvalue weighted by Gasteiger charge is 2.40. The van der Waals surface area contributed by atoms with Gasteiger partial charge in [0.1, 0.15) is 6.04 Å². The lowest BCUT2D eigenvalue weighted by Gasteiger charge is -2.39. The second-order valence-electron chi connectivity index (χ2n) is 6.40. The van der Waals surface area contributed by atoms with Gasteiger partial charge in [-0.25, -0.2) is 4.79 Å². The Labute approximate surface area is 125 Å². The summed E-state index contributed by atoms with van der Waals surface area (Å²) in [6, 6.07) is 7.07. The Bertz CT molecular complexity index is 563. The average molecular weight is 290 g/mol. The standard InChI is InChI=1S/C16H22N2O3/c1-16(2,3)18(15(20)21)13-10-9-11-7-5-6-8-12(11)17(4)14(13)19/h5-8,13H,9-10H2,1-4H3,(H,20,21)/t13-/m0/s1. The Hall–Kier alpha value is -2.04. The molecule has 2 amide bonds. The van der Waals surface area contributed by atoms with Crippen molar-refractivity contribution in [3.63, 3.8) is 0 Å². The van der Waals surface area contributed by atoms with Crippen molar-refractivity contribution in [1.82, 2.24) is 4.90 Å². The molecule has 0 fully saturated rings. The molecule has 0 saturated carbocycles. The van der Waals surface area contributed by atoms with Crippen LogP contribution in [0.5, 0.6) is 0 Å². The fourth-order valence-corrected chi connectivity index (χ4v) is 2.93. The van der Waals surface area contributed by atoms with Crippen molar-refractivity contribution in [2.24, 2.45) is 0 Å². The van der Waals surface area contributed by atoms with Crippen molar-refractivity contribution in [2.45, 2.75) is 45.2 Å². The second-order valence-corrected chi connectivity index (χ2v) is 6.40. The summed E-state index contributed by atoms with van der Waals surface area (Å²) in [5.41, 5.74) is 1.32. The molecule has 0 unspecified atom stereocenters. The van der Waals surface area contributed by atoms with Crippen LogP contribution in [-0.2, 0) is 11.2 Å². The number of carbonyl (C=O) groups excluding carboxylic acids is 1. The predicted octanol–water partition coefficient (Wildman–Crippen LogP) is 2.74. The van der Waals surface area contributed by atoms with Gasteiger partial charge in [0.25, 0.3) is 0 Å². The lowest BCUT2D eigenvalue weighted by atomic mass is 9.99. The molecule has 0 saturated heterocycles. The topological polar surface area (TPSA) is 60.9 Å². The van der Waals surface area contributed by atoms with Crippen molar-refractivity contribution >= 4 is 17.7 Å². The van der Waals surface area contributed by atoms with Crippen LogP contribution >= 0.6 is 0 Å². The maximum atomic E-state index is 12.7. The summed E-state index contributed by atoms with van der Waals surface area (Å²) in [4.78, 5) is 27.2. The maximum absolute atomic E-state index is 12.7. The normalized spacial score (nSPS) is 19.0. The Kier molecular flexibility index (Phi) is 3.94. The zero-order valence-corrected chi connectivity index (χ0v) is 13.0. The summed E-state index contributed by atoms with van der Waals surface area (Å²) in [6.07, 6.45) is 0.140. The molecule has 2 rings (SSSR count). The summed E-state index contributed by atoms with van der Waals surface area (Å²) >= 11 is 0. The van der Waals surface area contributed by atoms with Crippen molar-refractivity contribution in [3.05, 3.63) is 29.8 Å². The zero-order chi connectivity index (χ0) is 15.8. The lowest BCUT2D eigenvalue weighted by molar-refractivity contribution is -0.124. The fraction of sp³-hybridized carbons (Fsp3) is 0.500. The molecule has 0 spiro atoms. The molecule has 1 aliphatic heterocycles. The lowest BCUT2D eigenvalue weighted by Crippen LogP contribution is -2.56. The van der Waals surface area contributed by atoms with Crippen LogP contribution in [0.2, 0.25) is 0 Å². The number of rotatable bonds is 1. The average Bonchev–Trinajstić information content (AvgIpc) is 2.50. The van der Waals surface area contributed by atoms with Gasteiger partial charge in [-0.05, 0) is 45.2 Å². The van der Waals surface area contributed by atoms with E-state index in [-0.39, 0.29) is 5.91 Å². The third-order valence-corrected chi connectivity index (χ3v) is 3.90. The molecule has 114 valence electrons. The van der Waals surface area contributed by atoms with E-state index < -0.39 is 17.7 Å². The number of anilines is 1. The van der Waals surface area contributed by atoms with Gasteiger partial charge in [0.05, 0.1) is 0 Å². The van der Waals surface area contributed by atoms with E-state index >= 15 is 0 Å². The van der Waals surface area contributed by atoms with E-state index in [1.807, 2.05) is 45.0 Å². The van der Waals surface area contributed by atoms with E-state index in [0.717, 1.165) is 11.3 Å². The first-order chi connectivity index (χ1) is 9.73. The number of likely N-dealkylation sites (N-methyl/N-ethyl adjacent to an activating group) is 1. The highest BCUT2D eigenvalue weighted by molar-refractivity contribution is 5.99. The molecule has 1 atom stereocenters. The van der Waals surface area contributed by atoms with E-state index in [4.69, 9.17) is 0 Å². The van der Waals surface area contributed by atoms with Gasteiger partial charge in [-0.15, -0.1) is 0 Å². The molecule has 0 radical (unpaired) electrons. The van der Waals surface area contributed by atoms with Crippen LogP contribution in [0.25, 0.3) is 0 Å². The van der Waals surface area contributed by atoms with Crippen LogP contribution in [0.4, 0.5) is 10.5 Å². The first-order valence-corrected chi connectivity index (χ1v) is 7.11. The second kappa shape index (κ2) is 5.39. The Morgan fingerprint density at radius 1 is 1.33 bits per heavy atom. The smallest absolute Gasteiger partial charge is 0.408 e. The molecule has 1 aliphatic rings. The number of hydrogen-bond acceptors (Lipinski definition) is 2. The van der Waals surface area contributed by atoms with Crippen LogP contribution < -0.4 is 4.90 Å². The minimum Gasteiger partial charge on any atom is -0.465 e. The maximum Gasteiger partial charge on any atom is 0.408 e. The molecule has 1 N–H and O–H groups in total. The van der Waals surface area contributed by atoms with Gasteiger partial charge in [-0.1, -0.05) is 18.2 Å². The van der Waals surface area contributed by atoms with Crippen LogP contribution in [0.15, 0.2) is 24.3 Å². The van der Waals surface area contributed by atoms with E-state index in [1.165, 1.54) is 4.90 Å². The first kappa shape index (κ1) is 15.4. The van der Waals surface area contributed by atoms with Gasteiger partial charge in [0, 0.05) is 18.3 Å². The number of nitrogens with zero attached hydrogens (tertiary/aromatic N) is 2. The monoisotopic (exact) mass is 290 g/mol. The van der Waals surface area contributed by atoms with E-state index in [1.54, 1.807) is 11.9 Å². The Balaban J connectivity index is 2.41. The predicted molar refractivity (Wildman–Crippen MR) is 81.6 cm³/mol. The van der Waals surface area contributed by atoms with Crippen molar-refractivity contribution in [1.29, 1.82) is 0 Å². The van der Waals surface area contributed by atoms with Gasteiger partial charge >= 0.3 is 6.09 Å². The molecule has 1 aromatic carbocycles. The molecule has 5 nitrogen and oxygen atoms in total. The number of fused-ring (bicyclic) bond motifs is 1. The molecular weight excluding hydrogens is 268 g/mol. The summed E-state index contributed by atoms with van der Waals surface area (Å²) < 4.78 is 0. The number of benzene rings is 1. The summed E-state index contributed by atoms with van der Waals surface area (Å²) in [5, 5.41) is 9.53. The number of hydrogen-bond donors (Lipinski definition) is 1. The van der Waals surface area contributed by atoms with Crippen molar-refractivity contribution in [2.75, 3.05) is 11.9 Å². The molecule has 5 heteroatoms. The molecule has 0 aliphatic carbocycles.